The summed E-state index contributed by atoms with van der Waals surface area (Å²) in [5.41, 5.74) is 9.17. The minimum Gasteiger partial charge on any atom is -0.389 e. The molecule has 1 fully saturated rings. The SMILES string of the molecule is Cc1ccc(C(OC[C@H](O)CN2CCN(C[C@@H](O)COC(c3ccc(C)cc3)c3ccc(C)cc3)CC2)c2ccc(C)cc2)cc1. The maximum absolute atomic E-state index is 10.9. The minimum absolute atomic E-state index is 0.229. The average Bonchev–Trinajstić information content (AvgIpc) is 3.05. The van der Waals surface area contributed by atoms with Crippen LogP contribution in [-0.4, -0.2) is 84.7 Å². The predicted molar refractivity (Wildman–Crippen MR) is 185 cm³/mol. The van der Waals surface area contributed by atoms with Crippen LogP contribution in [-0.2, 0) is 9.47 Å². The van der Waals surface area contributed by atoms with Gasteiger partial charge in [-0.15, -0.1) is 0 Å². The van der Waals surface area contributed by atoms with Crippen LogP contribution >= 0.6 is 0 Å². The van der Waals surface area contributed by atoms with E-state index in [0.29, 0.717) is 13.1 Å². The van der Waals surface area contributed by atoms with E-state index < -0.39 is 12.2 Å². The largest absolute Gasteiger partial charge is 0.389 e. The van der Waals surface area contributed by atoms with Gasteiger partial charge in [0.2, 0.25) is 0 Å². The van der Waals surface area contributed by atoms with E-state index in [9.17, 15) is 10.2 Å². The van der Waals surface area contributed by atoms with E-state index in [2.05, 4.69) is 135 Å². The highest BCUT2D eigenvalue weighted by Crippen LogP contribution is 2.28. The van der Waals surface area contributed by atoms with Crippen molar-refractivity contribution in [3.05, 3.63) is 142 Å². The van der Waals surface area contributed by atoms with Crippen molar-refractivity contribution in [2.24, 2.45) is 0 Å². The van der Waals surface area contributed by atoms with Crippen molar-refractivity contribution in [2.45, 2.75) is 52.1 Å². The smallest absolute Gasteiger partial charge is 0.108 e. The number of rotatable bonds is 14. The van der Waals surface area contributed by atoms with Crippen LogP contribution in [0.25, 0.3) is 0 Å². The van der Waals surface area contributed by atoms with Crippen LogP contribution in [0.2, 0.25) is 0 Å². The highest BCUT2D eigenvalue weighted by molar-refractivity contribution is 5.34. The first-order chi connectivity index (χ1) is 22.2. The number of aliphatic hydroxyl groups excluding tert-OH is 2. The molecule has 1 aliphatic heterocycles. The number of aliphatic hydroxyl groups is 2. The summed E-state index contributed by atoms with van der Waals surface area (Å²) in [7, 11) is 0. The minimum atomic E-state index is -0.593. The van der Waals surface area contributed by atoms with Gasteiger partial charge in [-0.25, -0.2) is 0 Å². The molecule has 1 aliphatic rings. The third-order valence-corrected chi connectivity index (χ3v) is 8.83. The Morgan fingerprint density at radius 2 is 0.696 bits per heavy atom. The van der Waals surface area contributed by atoms with Crippen LogP contribution in [0.5, 0.6) is 0 Å². The number of β-amino-alcohol motifs (C(OH)–C–C–N with tert-alkyl or cyclic N) is 2. The Hall–Kier alpha value is -3.36. The Labute approximate surface area is 275 Å². The first-order valence-corrected chi connectivity index (χ1v) is 16.5. The first kappa shape index (κ1) is 34.0. The molecule has 1 heterocycles. The summed E-state index contributed by atoms with van der Waals surface area (Å²) in [6, 6.07) is 33.7. The van der Waals surface area contributed by atoms with Crippen LogP contribution in [0.1, 0.15) is 56.7 Å². The molecule has 4 aromatic carbocycles. The predicted octanol–water partition coefficient (Wildman–Crippen LogP) is 6.17. The molecule has 0 aliphatic carbocycles. The fourth-order valence-electron chi connectivity index (χ4n) is 6.01. The molecule has 0 bridgehead atoms. The number of aryl methyl sites for hydroxylation is 4. The number of piperazine rings is 1. The molecule has 0 radical (unpaired) electrons. The number of benzene rings is 4. The van der Waals surface area contributed by atoms with E-state index in [1.54, 1.807) is 0 Å². The standard InChI is InChI=1S/C40H50N2O4/c1-29-5-13-33(14-6-29)39(34-15-7-30(2)8-16-34)45-27-37(43)25-41-21-23-42(24-22-41)26-38(44)28-46-40(35-17-9-31(3)10-18-35)36-19-11-32(4)12-20-36/h5-20,37-40,43-44H,21-28H2,1-4H3/t37-,38-/m1/s1. The van der Waals surface area contributed by atoms with Gasteiger partial charge in [0.05, 0.1) is 25.4 Å². The molecule has 1 saturated heterocycles. The van der Waals surface area contributed by atoms with E-state index in [-0.39, 0.29) is 25.4 Å². The molecule has 0 aromatic heterocycles. The van der Waals surface area contributed by atoms with Gasteiger partial charge in [-0.3, -0.25) is 9.80 Å². The molecule has 6 heteroatoms. The molecule has 0 saturated carbocycles. The van der Waals surface area contributed by atoms with E-state index in [1.165, 1.54) is 22.3 Å². The summed E-state index contributed by atoms with van der Waals surface area (Å²) in [4.78, 5) is 4.57. The van der Waals surface area contributed by atoms with E-state index in [4.69, 9.17) is 9.47 Å². The monoisotopic (exact) mass is 622 g/mol. The molecule has 0 amide bonds. The highest BCUT2D eigenvalue weighted by Gasteiger charge is 2.24. The fourth-order valence-corrected chi connectivity index (χ4v) is 6.01. The Balaban J connectivity index is 1.08. The second-order valence-corrected chi connectivity index (χ2v) is 13.0. The van der Waals surface area contributed by atoms with Crippen molar-refractivity contribution in [1.29, 1.82) is 0 Å². The Morgan fingerprint density at radius 3 is 0.935 bits per heavy atom. The summed E-state index contributed by atoms with van der Waals surface area (Å²) < 4.78 is 12.7. The lowest BCUT2D eigenvalue weighted by Crippen LogP contribution is -2.51. The van der Waals surface area contributed by atoms with E-state index in [1.807, 2.05) is 0 Å². The summed E-state index contributed by atoms with van der Waals surface area (Å²) in [5, 5.41) is 21.9. The van der Waals surface area contributed by atoms with Gasteiger partial charge in [0, 0.05) is 39.3 Å². The van der Waals surface area contributed by atoms with Crippen LogP contribution in [0.4, 0.5) is 0 Å². The third kappa shape index (κ3) is 9.82. The molecule has 2 N–H and O–H groups in total. The Morgan fingerprint density at radius 1 is 0.457 bits per heavy atom. The third-order valence-electron chi connectivity index (χ3n) is 8.83. The lowest BCUT2D eigenvalue weighted by molar-refractivity contribution is -0.0268. The van der Waals surface area contributed by atoms with Crippen molar-refractivity contribution in [3.8, 4) is 0 Å². The normalized spacial score (nSPS) is 15.8. The second-order valence-electron chi connectivity index (χ2n) is 13.0. The molecule has 46 heavy (non-hydrogen) atoms. The van der Waals surface area contributed by atoms with Crippen molar-refractivity contribution < 1.29 is 19.7 Å². The molecular weight excluding hydrogens is 572 g/mol. The fraction of sp³-hybridized carbons (Fsp3) is 0.400. The Bertz CT molecular complexity index is 1260. The van der Waals surface area contributed by atoms with Gasteiger partial charge in [0.1, 0.15) is 12.2 Å². The van der Waals surface area contributed by atoms with Gasteiger partial charge >= 0.3 is 0 Å². The lowest BCUT2D eigenvalue weighted by atomic mass is 9.99. The van der Waals surface area contributed by atoms with E-state index in [0.717, 1.165) is 48.4 Å². The van der Waals surface area contributed by atoms with Gasteiger partial charge in [0.15, 0.2) is 0 Å². The molecule has 244 valence electrons. The summed E-state index contributed by atoms with van der Waals surface area (Å²) in [6.07, 6.45) is -1.64. The Kier molecular flexibility index (Phi) is 12.2. The number of ether oxygens (including phenoxy) is 2. The summed E-state index contributed by atoms with van der Waals surface area (Å²) in [6.45, 7) is 13.3. The van der Waals surface area contributed by atoms with Crippen molar-refractivity contribution in [2.75, 3.05) is 52.5 Å². The topological polar surface area (TPSA) is 65.4 Å². The highest BCUT2D eigenvalue weighted by atomic mass is 16.5. The number of hydrogen-bond donors (Lipinski definition) is 2. The van der Waals surface area contributed by atoms with Gasteiger partial charge in [-0.05, 0) is 49.9 Å². The summed E-state index contributed by atoms with van der Waals surface area (Å²) in [5.74, 6) is 0. The zero-order valence-corrected chi connectivity index (χ0v) is 27.8. The van der Waals surface area contributed by atoms with Crippen LogP contribution in [0, 0.1) is 27.7 Å². The van der Waals surface area contributed by atoms with Crippen molar-refractivity contribution in [3.63, 3.8) is 0 Å². The molecular formula is C40H50N2O4. The number of hydrogen-bond acceptors (Lipinski definition) is 6. The maximum atomic E-state index is 10.9. The maximum Gasteiger partial charge on any atom is 0.108 e. The second kappa shape index (κ2) is 16.5. The van der Waals surface area contributed by atoms with Crippen molar-refractivity contribution >= 4 is 0 Å². The molecule has 5 rings (SSSR count). The van der Waals surface area contributed by atoms with Gasteiger partial charge in [0.25, 0.3) is 0 Å². The summed E-state index contributed by atoms with van der Waals surface area (Å²) >= 11 is 0. The molecule has 4 aromatic rings. The lowest BCUT2D eigenvalue weighted by Gasteiger charge is -2.36. The molecule has 6 nitrogen and oxygen atoms in total. The molecule has 0 unspecified atom stereocenters. The molecule has 2 atom stereocenters. The first-order valence-electron chi connectivity index (χ1n) is 16.5. The zero-order chi connectivity index (χ0) is 32.5. The quantitative estimate of drug-likeness (QED) is 0.175. The van der Waals surface area contributed by atoms with Crippen molar-refractivity contribution in [1.82, 2.24) is 9.80 Å². The zero-order valence-electron chi connectivity index (χ0n) is 27.8. The van der Waals surface area contributed by atoms with Gasteiger partial charge < -0.3 is 19.7 Å². The molecule has 0 spiro atoms. The average molecular weight is 623 g/mol. The van der Waals surface area contributed by atoms with Crippen LogP contribution in [0.3, 0.4) is 0 Å². The van der Waals surface area contributed by atoms with Crippen LogP contribution < -0.4 is 0 Å². The van der Waals surface area contributed by atoms with Gasteiger partial charge in [-0.1, -0.05) is 119 Å². The number of nitrogens with zero attached hydrogens (tertiary/aromatic N) is 2. The van der Waals surface area contributed by atoms with E-state index >= 15 is 0 Å². The van der Waals surface area contributed by atoms with Gasteiger partial charge in [-0.2, -0.15) is 0 Å². The van der Waals surface area contributed by atoms with Crippen LogP contribution in [0.15, 0.2) is 97.1 Å².